The Bertz CT molecular complexity index is 411. The van der Waals surface area contributed by atoms with Gasteiger partial charge in [0, 0.05) is 31.1 Å². The number of hydrogen-bond acceptors (Lipinski definition) is 2. The summed E-state index contributed by atoms with van der Waals surface area (Å²) in [6.45, 7) is 9.51. The van der Waals surface area contributed by atoms with Crippen LogP contribution in [0.4, 0.5) is 0 Å². The van der Waals surface area contributed by atoms with Crippen molar-refractivity contribution in [3.8, 4) is 0 Å². The molecule has 0 aromatic rings. The number of allylic oxidation sites excluding steroid dienone is 1. The molecular weight excluding hydrogens is 264 g/mol. The van der Waals surface area contributed by atoms with Crippen LogP contribution in [0.5, 0.6) is 0 Å². The maximum atomic E-state index is 12.1. The number of carbonyl (C=O) groups is 2. The highest BCUT2D eigenvalue weighted by atomic mass is 16.2. The van der Waals surface area contributed by atoms with E-state index in [-0.39, 0.29) is 17.7 Å². The van der Waals surface area contributed by atoms with E-state index in [9.17, 15) is 9.59 Å². The maximum absolute atomic E-state index is 12.1. The molecule has 2 aliphatic rings. The van der Waals surface area contributed by atoms with E-state index >= 15 is 0 Å². The van der Waals surface area contributed by atoms with Crippen LogP contribution in [0.1, 0.15) is 52.4 Å². The van der Waals surface area contributed by atoms with Gasteiger partial charge in [-0.2, -0.15) is 0 Å². The smallest absolute Gasteiger partial charge is 0.229 e. The molecule has 0 radical (unpaired) electrons. The Balaban J connectivity index is 1.75. The van der Waals surface area contributed by atoms with Gasteiger partial charge in [0.2, 0.25) is 11.8 Å². The van der Waals surface area contributed by atoms with E-state index in [0.717, 1.165) is 44.3 Å². The van der Waals surface area contributed by atoms with Gasteiger partial charge in [0.1, 0.15) is 0 Å². The van der Waals surface area contributed by atoms with Crippen LogP contribution in [0.15, 0.2) is 12.3 Å². The monoisotopic (exact) mass is 292 g/mol. The predicted molar refractivity (Wildman–Crippen MR) is 83.4 cm³/mol. The summed E-state index contributed by atoms with van der Waals surface area (Å²) in [5.74, 6) is 1.61. The second-order valence-corrected chi connectivity index (χ2v) is 6.66. The number of nitrogens with zero attached hydrogens (tertiary/aromatic N) is 1. The lowest BCUT2D eigenvalue weighted by atomic mass is 9.80. The van der Waals surface area contributed by atoms with Crippen LogP contribution in [-0.4, -0.2) is 29.8 Å². The predicted octanol–water partition coefficient (Wildman–Crippen LogP) is 2.70. The maximum Gasteiger partial charge on any atom is 0.229 e. The molecule has 2 fully saturated rings. The van der Waals surface area contributed by atoms with Gasteiger partial charge >= 0.3 is 0 Å². The summed E-state index contributed by atoms with van der Waals surface area (Å²) in [6.07, 6.45) is 5.92. The van der Waals surface area contributed by atoms with Crippen molar-refractivity contribution in [3.05, 3.63) is 12.3 Å². The Hall–Kier alpha value is -1.32. The molecule has 1 heterocycles. The number of carbonyl (C=O) groups excluding carboxylic acids is 2. The summed E-state index contributed by atoms with van der Waals surface area (Å²) < 4.78 is 0. The molecule has 0 aromatic heterocycles. The molecule has 0 aromatic carbocycles. The molecular formula is C17H28N2O2. The molecule has 0 bridgehead atoms. The fourth-order valence-corrected chi connectivity index (χ4v) is 3.60. The first kappa shape index (κ1) is 16.1. The quantitative estimate of drug-likeness (QED) is 0.847. The third-order valence-electron chi connectivity index (χ3n) is 4.87. The topological polar surface area (TPSA) is 49.4 Å². The zero-order chi connectivity index (χ0) is 15.4. The molecule has 1 saturated heterocycles. The molecule has 21 heavy (non-hydrogen) atoms. The molecule has 0 spiro atoms. The SMILES string of the molecule is C=C1CC(C)C(=O)N1CC1CCC(CC(=O)NCC)CC1. The number of hydrogen-bond donors (Lipinski definition) is 1. The van der Waals surface area contributed by atoms with E-state index < -0.39 is 0 Å². The van der Waals surface area contributed by atoms with Crippen molar-refractivity contribution >= 4 is 11.8 Å². The van der Waals surface area contributed by atoms with Crippen molar-refractivity contribution in [2.24, 2.45) is 17.8 Å². The zero-order valence-corrected chi connectivity index (χ0v) is 13.4. The Morgan fingerprint density at radius 3 is 2.43 bits per heavy atom. The number of rotatable bonds is 5. The van der Waals surface area contributed by atoms with Crippen molar-refractivity contribution in [2.45, 2.75) is 52.4 Å². The van der Waals surface area contributed by atoms with Crippen LogP contribution in [0.3, 0.4) is 0 Å². The molecule has 1 N–H and O–H groups in total. The lowest BCUT2D eigenvalue weighted by molar-refractivity contribution is -0.130. The molecule has 1 aliphatic carbocycles. The van der Waals surface area contributed by atoms with Crippen LogP contribution in [0.25, 0.3) is 0 Å². The van der Waals surface area contributed by atoms with Crippen molar-refractivity contribution in [2.75, 3.05) is 13.1 Å². The normalized spacial score (nSPS) is 29.8. The van der Waals surface area contributed by atoms with Crippen LogP contribution in [-0.2, 0) is 9.59 Å². The number of likely N-dealkylation sites (tertiary alicyclic amines) is 1. The van der Waals surface area contributed by atoms with Gasteiger partial charge in [-0.3, -0.25) is 9.59 Å². The zero-order valence-electron chi connectivity index (χ0n) is 13.4. The van der Waals surface area contributed by atoms with Crippen LogP contribution in [0.2, 0.25) is 0 Å². The van der Waals surface area contributed by atoms with Crippen molar-refractivity contribution in [3.63, 3.8) is 0 Å². The van der Waals surface area contributed by atoms with E-state index in [2.05, 4.69) is 11.9 Å². The van der Waals surface area contributed by atoms with Gasteiger partial charge in [0.25, 0.3) is 0 Å². The van der Waals surface area contributed by atoms with Crippen molar-refractivity contribution < 1.29 is 9.59 Å². The molecule has 1 saturated carbocycles. The van der Waals surface area contributed by atoms with Gasteiger partial charge in [-0.1, -0.05) is 13.5 Å². The first-order valence-corrected chi connectivity index (χ1v) is 8.27. The molecule has 1 aliphatic heterocycles. The molecule has 4 nitrogen and oxygen atoms in total. The van der Waals surface area contributed by atoms with E-state index in [1.54, 1.807) is 0 Å². The standard InChI is InChI=1S/C17H28N2O2/c1-4-18-16(20)10-14-5-7-15(8-6-14)11-19-13(3)9-12(2)17(19)21/h12,14-15H,3-11H2,1-2H3,(H,18,20). The fourth-order valence-electron chi connectivity index (χ4n) is 3.60. The Labute approximate surface area is 128 Å². The molecule has 118 valence electrons. The van der Waals surface area contributed by atoms with E-state index in [4.69, 9.17) is 0 Å². The Kier molecular flexibility index (Phi) is 5.43. The third kappa shape index (κ3) is 4.08. The largest absolute Gasteiger partial charge is 0.356 e. The lowest BCUT2D eigenvalue weighted by Gasteiger charge is -2.31. The minimum Gasteiger partial charge on any atom is -0.356 e. The lowest BCUT2D eigenvalue weighted by Crippen LogP contribution is -2.33. The van der Waals surface area contributed by atoms with E-state index in [1.165, 1.54) is 0 Å². The average molecular weight is 292 g/mol. The van der Waals surface area contributed by atoms with Gasteiger partial charge in [-0.05, 0) is 50.9 Å². The van der Waals surface area contributed by atoms with Crippen LogP contribution < -0.4 is 5.32 Å². The summed E-state index contributed by atoms with van der Waals surface area (Å²) >= 11 is 0. The molecule has 1 unspecified atom stereocenters. The summed E-state index contributed by atoms with van der Waals surface area (Å²) in [4.78, 5) is 25.6. The second-order valence-electron chi connectivity index (χ2n) is 6.66. The first-order chi connectivity index (χ1) is 10.0. The molecule has 2 amide bonds. The highest BCUT2D eigenvalue weighted by Crippen LogP contribution is 2.34. The highest BCUT2D eigenvalue weighted by molar-refractivity contribution is 5.83. The van der Waals surface area contributed by atoms with Gasteiger partial charge in [-0.25, -0.2) is 0 Å². The number of nitrogens with one attached hydrogen (secondary N) is 1. The van der Waals surface area contributed by atoms with Crippen molar-refractivity contribution in [1.82, 2.24) is 10.2 Å². The van der Waals surface area contributed by atoms with E-state index in [0.29, 0.717) is 24.8 Å². The summed E-state index contributed by atoms with van der Waals surface area (Å²) in [6, 6.07) is 0. The molecule has 1 atom stereocenters. The Morgan fingerprint density at radius 2 is 1.90 bits per heavy atom. The van der Waals surface area contributed by atoms with E-state index in [1.807, 2.05) is 18.7 Å². The summed E-state index contributed by atoms with van der Waals surface area (Å²) in [7, 11) is 0. The summed E-state index contributed by atoms with van der Waals surface area (Å²) in [5, 5.41) is 2.88. The fraction of sp³-hybridized carbons (Fsp3) is 0.765. The summed E-state index contributed by atoms with van der Waals surface area (Å²) in [5.41, 5.74) is 0.983. The third-order valence-corrected chi connectivity index (χ3v) is 4.87. The van der Waals surface area contributed by atoms with Crippen LogP contribution in [0, 0.1) is 17.8 Å². The Morgan fingerprint density at radius 1 is 1.29 bits per heavy atom. The highest BCUT2D eigenvalue weighted by Gasteiger charge is 2.33. The van der Waals surface area contributed by atoms with Crippen LogP contribution >= 0.6 is 0 Å². The average Bonchev–Trinajstić information content (AvgIpc) is 2.68. The number of amides is 2. The molecule has 4 heteroatoms. The minimum atomic E-state index is 0.103. The van der Waals surface area contributed by atoms with Gasteiger partial charge in [0.05, 0.1) is 0 Å². The minimum absolute atomic E-state index is 0.103. The van der Waals surface area contributed by atoms with Crippen molar-refractivity contribution in [1.29, 1.82) is 0 Å². The van der Waals surface area contributed by atoms with Gasteiger partial charge in [0.15, 0.2) is 0 Å². The van der Waals surface area contributed by atoms with Gasteiger partial charge in [-0.15, -0.1) is 0 Å². The van der Waals surface area contributed by atoms with Gasteiger partial charge < -0.3 is 10.2 Å². The molecule has 2 rings (SSSR count). The second kappa shape index (κ2) is 7.10. The first-order valence-electron chi connectivity index (χ1n) is 8.27.